The number of aromatic nitrogens is 3. The zero-order chi connectivity index (χ0) is 15.5. The van der Waals surface area contributed by atoms with Crippen LogP contribution in [0.15, 0.2) is 24.5 Å². The number of hydrogen-bond acceptors (Lipinski definition) is 4. The number of rotatable bonds is 4. The van der Waals surface area contributed by atoms with Crippen LogP contribution in [0, 0.1) is 0 Å². The number of aryl methyl sites for hydroxylation is 1. The molecular formula is C16H20N4O2. The fourth-order valence-electron chi connectivity index (χ4n) is 2.91. The fourth-order valence-corrected chi connectivity index (χ4v) is 2.91. The maximum absolute atomic E-state index is 12.6. The van der Waals surface area contributed by atoms with Crippen molar-refractivity contribution in [3.05, 3.63) is 41.3 Å². The molecule has 116 valence electrons. The summed E-state index contributed by atoms with van der Waals surface area (Å²) in [6.07, 6.45) is 6.46. The van der Waals surface area contributed by atoms with Crippen LogP contribution >= 0.6 is 0 Å². The highest BCUT2D eigenvalue weighted by molar-refractivity contribution is 5.96. The van der Waals surface area contributed by atoms with E-state index in [0.29, 0.717) is 18.1 Å². The van der Waals surface area contributed by atoms with Gasteiger partial charge in [0.15, 0.2) is 0 Å². The summed E-state index contributed by atoms with van der Waals surface area (Å²) in [5.41, 5.74) is 2.79. The number of carbonyl (C=O) groups excluding carboxylic acids is 1. The van der Waals surface area contributed by atoms with Crippen LogP contribution in [-0.4, -0.2) is 27.3 Å². The highest BCUT2D eigenvalue weighted by atomic mass is 16.5. The van der Waals surface area contributed by atoms with Gasteiger partial charge in [0.1, 0.15) is 5.56 Å². The van der Waals surface area contributed by atoms with Crippen molar-refractivity contribution in [2.75, 3.05) is 6.61 Å². The molecule has 1 atom stereocenters. The molecule has 1 aliphatic carbocycles. The van der Waals surface area contributed by atoms with Crippen LogP contribution in [0.4, 0.5) is 0 Å². The maximum Gasteiger partial charge on any atom is 0.257 e. The zero-order valence-corrected chi connectivity index (χ0v) is 12.9. The van der Waals surface area contributed by atoms with Gasteiger partial charge in [0.05, 0.1) is 18.8 Å². The van der Waals surface area contributed by atoms with Gasteiger partial charge >= 0.3 is 0 Å². The topological polar surface area (TPSA) is 69.0 Å². The van der Waals surface area contributed by atoms with Gasteiger partial charge in [0, 0.05) is 24.5 Å². The van der Waals surface area contributed by atoms with Crippen LogP contribution in [0.1, 0.15) is 47.4 Å². The standard InChI is InChI=1S/C16H20N4O2/c1-3-22-16-11(6-5-9-17-16)15(21)19-13-7-4-8-14-12(13)10-18-20(14)2/h5-6,9-10,13H,3-4,7-8H2,1-2H3,(H,19,21)/t13-/m0/s1. The van der Waals surface area contributed by atoms with E-state index in [1.807, 2.05) is 24.9 Å². The molecule has 0 saturated heterocycles. The lowest BCUT2D eigenvalue weighted by Crippen LogP contribution is -2.31. The Morgan fingerprint density at radius 1 is 1.55 bits per heavy atom. The van der Waals surface area contributed by atoms with Crippen LogP contribution in [0.25, 0.3) is 0 Å². The number of hydrogen-bond donors (Lipinski definition) is 1. The third-order valence-corrected chi connectivity index (χ3v) is 3.98. The molecular weight excluding hydrogens is 280 g/mol. The molecule has 0 aromatic carbocycles. The number of fused-ring (bicyclic) bond motifs is 1. The maximum atomic E-state index is 12.6. The second kappa shape index (κ2) is 6.17. The monoisotopic (exact) mass is 300 g/mol. The predicted octanol–water partition coefficient (Wildman–Crippen LogP) is 2.02. The van der Waals surface area contributed by atoms with Gasteiger partial charge in [-0.1, -0.05) is 0 Å². The minimum Gasteiger partial charge on any atom is -0.477 e. The molecule has 22 heavy (non-hydrogen) atoms. The molecule has 2 heterocycles. The van der Waals surface area contributed by atoms with Crippen molar-refractivity contribution < 1.29 is 9.53 Å². The molecule has 0 fully saturated rings. The highest BCUT2D eigenvalue weighted by Gasteiger charge is 2.26. The van der Waals surface area contributed by atoms with Crippen LogP contribution in [0.5, 0.6) is 5.88 Å². The van der Waals surface area contributed by atoms with Gasteiger partial charge in [-0.25, -0.2) is 4.98 Å². The quantitative estimate of drug-likeness (QED) is 0.938. The molecule has 0 aliphatic heterocycles. The van der Waals surface area contributed by atoms with Crippen molar-refractivity contribution >= 4 is 5.91 Å². The Labute approximate surface area is 129 Å². The molecule has 1 aliphatic rings. The van der Waals surface area contributed by atoms with Crippen LogP contribution in [0.2, 0.25) is 0 Å². The summed E-state index contributed by atoms with van der Waals surface area (Å²) < 4.78 is 7.32. The van der Waals surface area contributed by atoms with Crippen molar-refractivity contribution in [2.45, 2.75) is 32.2 Å². The van der Waals surface area contributed by atoms with Crippen LogP contribution < -0.4 is 10.1 Å². The fraction of sp³-hybridized carbons (Fsp3) is 0.438. The Hall–Kier alpha value is -2.37. The van der Waals surface area contributed by atoms with Gasteiger partial charge < -0.3 is 10.1 Å². The smallest absolute Gasteiger partial charge is 0.257 e. The average molecular weight is 300 g/mol. The summed E-state index contributed by atoms with van der Waals surface area (Å²) >= 11 is 0. The molecule has 2 aromatic rings. The van der Waals surface area contributed by atoms with E-state index in [1.54, 1.807) is 18.3 Å². The number of nitrogens with zero attached hydrogens (tertiary/aromatic N) is 3. The van der Waals surface area contributed by atoms with Crippen molar-refractivity contribution in [1.82, 2.24) is 20.1 Å². The Balaban J connectivity index is 1.81. The molecule has 2 aromatic heterocycles. The zero-order valence-electron chi connectivity index (χ0n) is 12.9. The van der Waals surface area contributed by atoms with E-state index in [9.17, 15) is 4.79 Å². The predicted molar refractivity (Wildman–Crippen MR) is 81.8 cm³/mol. The molecule has 0 bridgehead atoms. The van der Waals surface area contributed by atoms with Gasteiger partial charge in [-0.2, -0.15) is 5.10 Å². The summed E-state index contributed by atoms with van der Waals surface area (Å²) in [5, 5.41) is 7.40. The lowest BCUT2D eigenvalue weighted by Gasteiger charge is -2.24. The minimum absolute atomic E-state index is 0.000340. The molecule has 1 amide bonds. The first-order valence-corrected chi connectivity index (χ1v) is 7.60. The van der Waals surface area contributed by atoms with Crippen LogP contribution in [-0.2, 0) is 13.5 Å². The summed E-state index contributed by atoms with van der Waals surface area (Å²) in [7, 11) is 1.94. The Kier molecular flexibility index (Phi) is 4.09. The van der Waals surface area contributed by atoms with E-state index in [2.05, 4.69) is 15.4 Å². The molecule has 6 heteroatoms. The van der Waals surface area contributed by atoms with E-state index in [-0.39, 0.29) is 11.9 Å². The van der Waals surface area contributed by atoms with Gasteiger partial charge in [0.25, 0.3) is 5.91 Å². The van der Waals surface area contributed by atoms with E-state index >= 15 is 0 Å². The molecule has 0 radical (unpaired) electrons. The second-order valence-corrected chi connectivity index (χ2v) is 5.38. The third-order valence-electron chi connectivity index (χ3n) is 3.98. The van der Waals surface area contributed by atoms with Gasteiger partial charge in [0.2, 0.25) is 5.88 Å². The number of pyridine rings is 1. The first-order valence-electron chi connectivity index (χ1n) is 7.60. The lowest BCUT2D eigenvalue weighted by molar-refractivity contribution is 0.0928. The molecule has 3 rings (SSSR count). The van der Waals surface area contributed by atoms with Crippen molar-refractivity contribution in [3.63, 3.8) is 0 Å². The summed E-state index contributed by atoms with van der Waals surface area (Å²) in [6.45, 7) is 2.35. The van der Waals surface area contributed by atoms with Crippen molar-refractivity contribution in [1.29, 1.82) is 0 Å². The number of ether oxygens (including phenoxy) is 1. The summed E-state index contributed by atoms with van der Waals surface area (Å²) in [6, 6.07) is 3.48. The Morgan fingerprint density at radius 2 is 2.41 bits per heavy atom. The van der Waals surface area contributed by atoms with Crippen molar-refractivity contribution in [2.24, 2.45) is 7.05 Å². The summed E-state index contributed by atoms with van der Waals surface area (Å²) in [5.74, 6) is 0.225. The molecule has 0 unspecified atom stereocenters. The average Bonchev–Trinajstić information content (AvgIpc) is 2.91. The first kappa shape index (κ1) is 14.6. The SMILES string of the molecule is CCOc1ncccc1C(=O)N[C@H]1CCCc2c1cnn2C. The number of carbonyl (C=O) groups is 1. The first-order chi connectivity index (χ1) is 10.7. The number of nitrogens with one attached hydrogen (secondary N) is 1. The largest absolute Gasteiger partial charge is 0.477 e. The Morgan fingerprint density at radius 3 is 3.23 bits per heavy atom. The van der Waals surface area contributed by atoms with Gasteiger partial charge in [-0.05, 0) is 38.3 Å². The van der Waals surface area contributed by atoms with E-state index < -0.39 is 0 Å². The molecule has 0 saturated carbocycles. The van der Waals surface area contributed by atoms with E-state index in [4.69, 9.17) is 4.74 Å². The van der Waals surface area contributed by atoms with Gasteiger partial charge in [-0.3, -0.25) is 9.48 Å². The molecule has 6 nitrogen and oxygen atoms in total. The van der Waals surface area contributed by atoms with Crippen molar-refractivity contribution in [3.8, 4) is 5.88 Å². The van der Waals surface area contributed by atoms with Gasteiger partial charge in [-0.15, -0.1) is 0 Å². The lowest BCUT2D eigenvalue weighted by atomic mass is 9.93. The summed E-state index contributed by atoms with van der Waals surface area (Å²) in [4.78, 5) is 16.7. The Bertz CT molecular complexity index is 681. The van der Waals surface area contributed by atoms with Crippen LogP contribution in [0.3, 0.4) is 0 Å². The normalized spacial score (nSPS) is 16.9. The van der Waals surface area contributed by atoms with E-state index in [1.165, 1.54) is 5.69 Å². The molecule has 1 N–H and O–H groups in total. The van der Waals surface area contributed by atoms with E-state index in [0.717, 1.165) is 24.8 Å². The second-order valence-electron chi connectivity index (χ2n) is 5.38. The number of amides is 1. The minimum atomic E-state index is -0.154. The molecule has 0 spiro atoms. The highest BCUT2D eigenvalue weighted by Crippen LogP contribution is 2.29. The third kappa shape index (κ3) is 2.68.